The molecule has 0 amide bonds. The fourth-order valence-electron chi connectivity index (χ4n) is 4.69. The Bertz CT molecular complexity index is 1750. The first-order valence-corrected chi connectivity index (χ1v) is 12.9. The van der Waals surface area contributed by atoms with Crippen molar-refractivity contribution in [3.8, 4) is 5.75 Å². The van der Waals surface area contributed by atoms with Crippen LogP contribution in [0.3, 0.4) is 0 Å². The highest BCUT2D eigenvalue weighted by molar-refractivity contribution is 5.93. The number of nitrogens with one attached hydrogen (secondary N) is 2. The van der Waals surface area contributed by atoms with E-state index in [0.717, 1.165) is 33.2 Å². The third-order valence-electron chi connectivity index (χ3n) is 6.79. The van der Waals surface area contributed by atoms with Crippen molar-refractivity contribution in [1.82, 2.24) is 19.1 Å². The standard InChI is InChI=1S/C31H28N8O/c1-38-27-14-8-6-12-25(27)34-30(38)36-32-19-23-17-22(16-21-10-4-3-5-11-21)18-24(29(23)40)20-33-37-31-35-26-13-7-9-15-28(26)39(31)2/h3-15,17-20,40H,16H2,1-2H3,(H,34,36)(H,35,37)/b32-19+,33-20+. The highest BCUT2D eigenvalue weighted by atomic mass is 16.3. The third kappa shape index (κ3) is 5.00. The monoisotopic (exact) mass is 528 g/mol. The molecule has 0 unspecified atom stereocenters. The van der Waals surface area contributed by atoms with E-state index in [1.807, 2.05) is 102 Å². The van der Waals surface area contributed by atoms with E-state index in [4.69, 9.17) is 0 Å². The van der Waals surface area contributed by atoms with Crippen LogP contribution >= 0.6 is 0 Å². The molecule has 0 saturated carbocycles. The van der Waals surface area contributed by atoms with Gasteiger partial charge in [0.15, 0.2) is 0 Å². The van der Waals surface area contributed by atoms with E-state index in [9.17, 15) is 5.11 Å². The molecule has 0 spiro atoms. The minimum Gasteiger partial charge on any atom is -0.507 e. The van der Waals surface area contributed by atoms with Gasteiger partial charge in [0, 0.05) is 25.2 Å². The van der Waals surface area contributed by atoms with E-state index in [1.54, 1.807) is 12.4 Å². The summed E-state index contributed by atoms with van der Waals surface area (Å²) in [5, 5.41) is 19.9. The Morgan fingerprint density at radius 2 is 1.15 bits per heavy atom. The number of anilines is 2. The number of imidazole rings is 2. The van der Waals surface area contributed by atoms with Crippen molar-refractivity contribution < 1.29 is 5.11 Å². The van der Waals surface area contributed by atoms with Gasteiger partial charge in [0.1, 0.15) is 5.75 Å². The Balaban J connectivity index is 1.29. The van der Waals surface area contributed by atoms with Crippen LogP contribution in [0.15, 0.2) is 101 Å². The topological polar surface area (TPSA) is 105 Å². The van der Waals surface area contributed by atoms with Gasteiger partial charge in [-0.3, -0.25) is 0 Å². The summed E-state index contributed by atoms with van der Waals surface area (Å²) in [5.74, 6) is 1.28. The Labute approximate surface area is 231 Å². The van der Waals surface area contributed by atoms with Crippen molar-refractivity contribution in [2.24, 2.45) is 24.3 Å². The summed E-state index contributed by atoms with van der Waals surface area (Å²) in [6, 6.07) is 29.8. The molecule has 0 fully saturated rings. The zero-order valence-electron chi connectivity index (χ0n) is 22.2. The lowest BCUT2D eigenvalue weighted by molar-refractivity contribution is 0.473. The summed E-state index contributed by atoms with van der Waals surface area (Å²) >= 11 is 0. The molecule has 0 saturated heterocycles. The molecule has 0 bridgehead atoms. The number of phenolic OH excluding ortho intramolecular Hbond substituents is 1. The van der Waals surface area contributed by atoms with Crippen LogP contribution < -0.4 is 10.9 Å². The molecular formula is C31H28N8O. The maximum Gasteiger partial charge on any atom is 0.224 e. The lowest BCUT2D eigenvalue weighted by Gasteiger charge is -2.09. The predicted octanol–water partition coefficient (Wildman–Crippen LogP) is 5.65. The first-order chi connectivity index (χ1) is 19.6. The molecule has 9 nitrogen and oxygen atoms in total. The number of phenols is 1. The van der Waals surface area contributed by atoms with E-state index < -0.39 is 0 Å². The van der Waals surface area contributed by atoms with E-state index in [0.29, 0.717) is 29.4 Å². The first kappa shape index (κ1) is 24.9. The lowest BCUT2D eigenvalue weighted by Crippen LogP contribution is -2.01. The van der Waals surface area contributed by atoms with Gasteiger partial charge < -0.3 is 14.2 Å². The maximum atomic E-state index is 11.1. The second kappa shape index (κ2) is 10.7. The molecule has 6 rings (SSSR count). The van der Waals surface area contributed by atoms with Crippen LogP contribution in [0, 0.1) is 0 Å². The number of fused-ring (bicyclic) bond motifs is 2. The van der Waals surface area contributed by atoms with E-state index >= 15 is 0 Å². The molecule has 9 heteroatoms. The molecule has 0 atom stereocenters. The summed E-state index contributed by atoms with van der Waals surface area (Å²) in [5.41, 5.74) is 13.1. The molecular weight excluding hydrogens is 500 g/mol. The fraction of sp³-hybridized carbons (Fsp3) is 0.0968. The van der Waals surface area contributed by atoms with E-state index in [-0.39, 0.29) is 5.75 Å². The van der Waals surface area contributed by atoms with Gasteiger partial charge in [-0.05, 0) is 53.9 Å². The van der Waals surface area contributed by atoms with Gasteiger partial charge in [-0.25, -0.2) is 20.8 Å². The Morgan fingerprint density at radius 3 is 1.65 bits per heavy atom. The molecule has 4 aromatic carbocycles. The first-order valence-electron chi connectivity index (χ1n) is 12.9. The minimum absolute atomic E-state index is 0.0721. The number of hydrogen-bond acceptors (Lipinski definition) is 7. The number of para-hydroxylation sites is 4. The molecule has 3 N–H and O–H groups in total. The molecule has 0 radical (unpaired) electrons. The van der Waals surface area contributed by atoms with Gasteiger partial charge in [-0.1, -0.05) is 54.6 Å². The number of hydrazone groups is 2. The highest BCUT2D eigenvalue weighted by Gasteiger charge is 2.11. The largest absolute Gasteiger partial charge is 0.507 e. The summed E-state index contributed by atoms with van der Waals surface area (Å²) in [4.78, 5) is 9.17. The van der Waals surface area contributed by atoms with Crippen LogP contribution in [0.5, 0.6) is 5.75 Å². The quantitative estimate of drug-likeness (QED) is 0.175. The summed E-state index contributed by atoms with van der Waals surface area (Å²) in [6.07, 6.45) is 3.89. The normalized spacial score (nSPS) is 11.8. The van der Waals surface area contributed by atoms with Gasteiger partial charge in [0.05, 0.1) is 34.5 Å². The van der Waals surface area contributed by atoms with Crippen LogP contribution in [-0.4, -0.2) is 36.6 Å². The maximum absolute atomic E-state index is 11.1. The van der Waals surface area contributed by atoms with Crippen molar-refractivity contribution in [3.63, 3.8) is 0 Å². The van der Waals surface area contributed by atoms with Crippen LogP contribution in [-0.2, 0) is 20.5 Å². The fourth-order valence-corrected chi connectivity index (χ4v) is 4.69. The van der Waals surface area contributed by atoms with Crippen LogP contribution in [0.2, 0.25) is 0 Å². The third-order valence-corrected chi connectivity index (χ3v) is 6.79. The zero-order valence-corrected chi connectivity index (χ0v) is 22.2. The van der Waals surface area contributed by atoms with Crippen LogP contribution in [0.1, 0.15) is 22.3 Å². The number of aryl methyl sites for hydroxylation is 2. The second-order valence-corrected chi connectivity index (χ2v) is 9.49. The van der Waals surface area contributed by atoms with Gasteiger partial charge in [-0.15, -0.1) is 0 Å². The van der Waals surface area contributed by atoms with Crippen molar-refractivity contribution >= 4 is 46.4 Å². The molecule has 2 heterocycles. The molecule has 6 aromatic rings. The number of hydrogen-bond donors (Lipinski definition) is 3. The second-order valence-electron chi connectivity index (χ2n) is 9.49. The number of aromatic hydroxyl groups is 1. The molecule has 40 heavy (non-hydrogen) atoms. The van der Waals surface area contributed by atoms with Gasteiger partial charge in [0.25, 0.3) is 0 Å². The van der Waals surface area contributed by atoms with E-state index in [2.05, 4.69) is 43.2 Å². The summed E-state index contributed by atoms with van der Waals surface area (Å²) < 4.78 is 3.87. The summed E-state index contributed by atoms with van der Waals surface area (Å²) in [6.45, 7) is 0. The zero-order chi connectivity index (χ0) is 27.5. The molecule has 0 aliphatic heterocycles. The molecule has 2 aromatic heterocycles. The Hall–Kier alpha value is -5.44. The van der Waals surface area contributed by atoms with E-state index in [1.165, 1.54) is 0 Å². The predicted molar refractivity (Wildman–Crippen MR) is 161 cm³/mol. The van der Waals surface area contributed by atoms with Gasteiger partial charge in [-0.2, -0.15) is 10.2 Å². The van der Waals surface area contributed by atoms with Crippen molar-refractivity contribution in [2.75, 3.05) is 10.9 Å². The van der Waals surface area contributed by atoms with Crippen molar-refractivity contribution in [1.29, 1.82) is 0 Å². The highest BCUT2D eigenvalue weighted by Crippen LogP contribution is 2.25. The number of benzene rings is 4. The van der Waals surface area contributed by atoms with Crippen LogP contribution in [0.4, 0.5) is 11.9 Å². The average Bonchev–Trinajstić information content (AvgIpc) is 3.47. The SMILES string of the molecule is Cn1c(N/N=C/c2cc(Cc3ccccc3)cc(/C=N/Nc3nc4ccccc4n3C)c2O)nc2ccccc21. The smallest absolute Gasteiger partial charge is 0.224 e. The van der Waals surface area contributed by atoms with Crippen molar-refractivity contribution in [2.45, 2.75) is 6.42 Å². The lowest BCUT2D eigenvalue weighted by atomic mass is 9.99. The Kier molecular flexibility index (Phi) is 6.68. The number of nitrogens with zero attached hydrogens (tertiary/aromatic N) is 6. The number of rotatable bonds is 8. The van der Waals surface area contributed by atoms with Crippen molar-refractivity contribution in [3.05, 3.63) is 113 Å². The molecule has 198 valence electrons. The van der Waals surface area contributed by atoms with Gasteiger partial charge in [0.2, 0.25) is 11.9 Å². The minimum atomic E-state index is 0.0721. The van der Waals surface area contributed by atoms with Crippen LogP contribution in [0.25, 0.3) is 22.1 Å². The average molecular weight is 529 g/mol. The number of aromatic nitrogens is 4. The summed E-state index contributed by atoms with van der Waals surface area (Å²) in [7, 11) is 3.86. The molecule has 0 aliphatic carbocycles. The van der Waals surface area contributed by atoms with Gasteiger partial charge >= 0.3 is 0 Å². The Morgan fingerprint density at radius 1 is 0.675 bits per heavy atom. The molecule has 0 aliphatic rings.